The molecule has 0 radical (unpaired) electrons. The van der Waals surface area contributed by atoms with Crippen LogP contribution in [0, 0.1) is 12.8 Å². The van der Waals surface area contributed by atoms with Crippen molar-refractivity contribution in [1.82, 2.24) is 19.7 Å². The van der Waals surface area contributed by atoms with Gasteiger partial charge in [-0.05, 0) is 56.0 Å². The molecule has 0 saturated carbocycles. The first-order chi connectivity index (χ1) is 10.3. The SMILES string of the molecule is Cc1cc(CN2CCC(CO)CC2)ccc1-n1cncn1. The number of aryl methyl sites for hydroxylation is 1. The highest BCUT2D eigenvalue weighted by atomic mass is 16.3. The van der Waals surface area contributed by atoms with Crippen LogP contribution in [0.1, 0.15) is 24.0 Å². The maximum absolute atomic E-state index is 9.19. The van der Waals surface area contributed by atoms with Crippen molar-refractivity contribution in [2.24, 2.45) is 5.92 Å². The zero-order chi connectivity index (χ0) is 14.7. The molecule has 1 aromatic heterocycles. The van der Waals surface area contributed by atoms with E-state index in [0.717, 1.165) is 38.2 Å². The van der Waals surface area contributed by atoms with E-state index in [4.69, 9.17) is 0 Å². The third-order valence-corrected chi connectivity index (χ3v) is 4.30. The lowest BCUT2D eigenvalue weighted by Crippen LogP contribution is -2.34. The van der Waals surface area contributed by atoms with Gasteiger partial charge < -0.3 is 5.11 Å². The van der Waals surface area contributed by atoms with Crippen LogP contribution in [-0.4, -0.2) is 44.5 Å². The molecule has 0 aliphatic carbocycles. The van der Waals surface area contributed by atoms with Gasteiger partial charge in [-0.3, -0.25) is 4.90 Å². The van der Waals surface area contributed by atoms with Crippen LogP contribution in [0.4, 0.5) is 0 Å². The summed E-state index contributed by atoms with van der Waals surface area (Å²) in [6, 6.07) is 6.51. The number of benzene rings is 1. The van der Waals surface area contributed by atoms with Gasteiger partial charge in [-0.15, -0.1) is 0 Å². The monoisotopic (exact) mass is 286 g/mol. The minimum atomic E-state index is 0.333. The summed E-state index contributed by atoms with van der Waals surface area (Å²) in [5.74, 6) is 0.498. The summed E-state index contributed by atoms with van der Waals surface area (Å²) in [5.41, 5.74) is 3.62. The molecule has 1 fully saturated rings. The van der Waals surface area contributed by atoms with Gasteiger partial charge in [0.1, 0.15) is 12.7 Å². The number of piperidine rings is 1. The minimum absolute atomic E-state index is 0.333. The van der Waals surface area contributed by atoms with Crippen LogP contribution in [0.3, 0.4) is 0 Å². The summed E-state index contributed by atoms with van der Waals surface area (Å²) < 4.78 is 1.80. The first-order valence-electron chi connectivity index (χ1n) is 7.54. The van der Waals surface area contributed by atoms with E-state index >= 15 is 0 Å². The first-order valence-corrected chi connectivity index (χ1v) is 7.54. The molecule has 0 unspecified atom stereocenters. The molecule has 5 nitrogen and oxygen atoms in total. The Kier molecular flexibility index (Phi) is 4.31. The zero-order valence-corrected chi connectivity index (χ0v) is 12.4. The Morgan fingerprint density at radius 1 is 1.29 bits per heavy atom. The number of aromatic nitrogens is 3. The van der Waals surface area contributed by atoms with Crippen molar-refractivity contribution in [2.45, 2.75) is 26.3 Å². The highest BCUT2D eigenvalue weighted by Gasteiger charge is 2.18. The third-order valence-electron chi connectivity index (χ3n) is 4.30. The van der Waals surface area contributed by atoms with Crippen molar-refractivity contribution in [1.29, 1.82) is 0 Å². The second kappa shape index (κ2) is 6.37. The van der Waals surface area contributed by atoms with Gasteiger partial charge in [0.2, 0.25) is 0 Å². The zero-order valence-electron chi connectivity index (χ0n) is 12.4. The lowest BCUT2D eigenvalue weighted by molar-refractivity contribution is 0.127. The lowest BCUT2D eigenvalue weighted by Gasteiger charge is -2.31. The van der Waals surface area contributed by atoms with Crippen LogP contribution in [0.25, 0.3) is 5.69 Å². The largest absolute Gasteiger partial charge is 0.396 e. The molecule has 5 heteroatoms. The standard InChI is InChI=1S/C16H22N4O/c1-13-8-15(2-3-16(13)20-12-17-11-18-20)9-19-6-4-14(10-21)5-7-19/h2-3,8,11-12,14,21H,4-7,9-10H2,1H3. The molecule has 112 valence electrons. The van der Waals surface area contributed by atoms with Crippen LogP contribution < -0.4 is 0 Å². The van der Waals surface area contributed by atoms with Crippen LogP contribution in [-0.2, 0) is 6.54 Å². The molecule has 21 heavy (non-hydrogen) atoms. The Balaban J connectivity index is 1.66. The molecule has 1 aromatic carbocycles. The molecule has 2 heterocycles. The molecule has 0 amide bonds. The van der Waals surface area contributed by atoms with E-state index in [1.165, 1.54) is 11.1 Å². The first kappa shape index (κ1) is 14.2. The van der Waals surface area contributed by atoms with Crippen molar-refractivity contribution in [3.63, 3.8) is 0 Å². The van der Waals surface area contributed by atoms with E-state index in [-0.39, 0.29) is 0 Å². The molecular weight excluding hydrogens is 264 g/mol. The second-order valence-corrected chi connectivity index (χ2v) is 5.86. The fourth-order valence-electron chi connectivity index (χ4n) is 2.99. The Labute approximate surface area is 125 Å². The van der Waals surface area contributed by atoms with Gasteiger partial charge >= 0.3 is 0 Å². The number of aliphatic hydroxyl groups is 1. The molecule has 0 atom stereocenters. The van der Waals surface area contributed by atoms with E-state index in [0.29, 0.717) is 12.5 Å². The number of rotatable bonds is 4. The van der Waals surface area contributed by atoms with Crippen molar-refractivity contribution in [3.8, 4) is 5.69 Å². The molecule has 0 spiro atoms. The minimum Gasteiger partial charge on any atom is -0.396 e. The molecule has 2 aromatic rings. The van der Waals surface area contributed by atoms with Gasteiger partial charge in [-0.1, -0.05) is 12.1 Å². The van der Waals surface area contributed by atoms with Crippen LogP contribution >= 0.6 is 0 Å². The van der Waals surface area contributed by atoms with Gasteiger partial charge in [0.15, 0.2) is 0 Å². The predicted molar refractivity (Wildman–Crippen MR) is 81.2 cm³/mol. The number of aliphatic hydroxyl groups excluding tert-OH is 1. The van der Waals surface area contributed by atoms with E-state index in [9.17, 15) is 5.11 Å². The van der Waals surface area contributed by atoms with Crippen molar-refractivity contribution in [2.75, 3.05) is 19.7 Å². The molecule has 1 N–H and O–H groups in total. The summed E-state index contributed by atoms with van der Waals surface area (Å²) in [5, 5.41) is 13.4. The fourth-order valence-corrected chi connectivity index (χ4v) is 2.99. The Morgan fingerprint density at radius 2 is 2.10 bits per heavy atom. The quantitative estimate of drug-likeness (QED) is 0.931. The lowest BCUT2D eigenvalue weighted by atomic mass is 9.97. The van der Waals surface area contributed by atoms with Crippen molar-refractivity contribution in [3.05, 3.63) is 42.0 Å². The topological polar surface area (TPSA) is 54.2 Å². The maximum atomic E-state index is 9.19. The van der Waals surface area contributed by atoms with Crippen molar-refractivity contribution >= 4 is 0 Å². The summed E-state index contributed by atoms with van der Waals surface area (Å²) in [6.45, 7) is 5.58. The van der Waals surface area contributed by atoms with Crippen LogP contribution in [0.15, 0.2) is 30.9 Å². The van der Waals surface area contributed by atoms with Crippen LogP contribution in [0.5, 0.6) is 0 Å². The van der Waals surface area contributed by atoms with E-state index < -0.39 is 0 Å². The molecule has 3 rings (SSSR count). The number of hydrogen-bond acceptors (Lipinski definition) is 4. The van der Waals surface area contributed by atoms with Gasteiger partial charge in [0.25, 0.3) is 0 Å². The normalized spacial score (nSPS) is 17.2. The van der Waals surface area contributed by atoms with E-state index in [1.54, 1.807) is 17.3 Å². The maximum Gasteiger partial charge on any atom is 0.138 e. The number of likely N-dealkylation sites (tertiary alicyclic amines) is 1. The van der Waals surface area contributed by atoms with E-state index in [1.807, 2.05) is 0 Å². The predicted octanol–water partition coefficient (Wildman–Crippen LogP) is 1.78. The fraction of sp³-hybridized carbons (Fsp3) is 0.500. The number of nitrogens with zero attached hydrogens (tertiary/aromatic N) is 4. The molecule has 0 bridgehead atoms. The van der Waals surface area contributed by atoms with E-state index in [2.05, 4.69) is 40.1 Å². The summed E-state index contributed by atoms with van der Waals surface area (Å²) in [7, 11) is 0. The Bertz CT molecular complexity index is 574. The second-order valence-electron chi connectivity index (χ2n) is 5.86. The Hall–Kier alpha value is -1.72. The third kappa shape index (κ3) is 3.31. The molecular formula is C16H22N4O. The highest BCUT2D eigenvalue weighted by Crippen LogP contribution is 2.20. The molecule has 1 aliphatic rings. The smallest absolute Gasteiger partial charge is 0.138 e. The van der Waals surface area contributed by atoms with Crippen molar-refractivity contribution < 1.29 is 5.11 Å². The van der Waals surface area contributed by atoms with Gasteiger partial charge in [-0.25, -0.2) is 9.67 Å². The molecule has 1 saturated heterocycles. The van der Waals surface area contributed by atoms with Crippen LogP contribution in [0.2, 0.25) is 0 Å². The van der Waals surface area contributed by atoms with Gasteiger partial charge in [-0.2, -0.15) is 5.10 Å². The highest BCUT2D eigenvalue weighted by molar-refractivity contribution is 5.41. The average Bonchev–Trinajstić information content (AvgIpc) is 3.02. The van der Waals surface area contributed by atoms with Gasteiger partial charge in [0.05, 0.1) is 5.69 Å². The summed E-state index contributed by atoms with van der Waals surface area (Å²) in [6.07, 6.45) is 5.49. The van der Waals surface area contributed by atoms with Gasteiger partial charge in [0, 0.05) is 13.2 Å². The Morgan fingerprint density at radius 3 is 2.71 bits per heavy atom. The summed E-state index contributed by atoms with van der Waals surface area (Å²) >= 11 is 0. The molecule has 1 aliphatic heterocycles. The summed E-state index contributed by atoms with van der Waals surface area (Å²) in [4.78, 5) is 6.46. The average molecular weight is 286 g/mol. The number of hydrogen-bond donors (Lipinski definition) is 1.